The molecule has 0 aromatic heterocycles. The maximum Gasteiger partial charge on any atom is 0.317 e. The number of hydrogen-bond acceptors (Lipinski definition) is 3. The second kappa shape index (κ2) is 6.08. The summed E-state index contributed by atoms with van der Waals surface area (Å²) < 4.78 is 5.32. The minimum Gasteiger partial charge on any atom is -0.480 e. The molecule has 0 aromatic rings. The van der Waals surface area contributed by atoms with Crippen LogP contribution in [0.15, 0.2) is 0 Å². The first kappa shape index (κ1) is 14.4. The molecule has 0 heterocycles. The molecule has 0 spiro atoms. The third-order valence-electron chi connectivity index (χ3n) is 2.26. The van der Waals surface area contributed by atoms with Crippen molar-refractivity contribution in [2.75, 3.05) is 19.8 Å². The molecule has 0 fully saturated rings. The highest BCUT2D eigenvalue weighted by atomic mass is 16.5. The molecule has 0 bridgehead atoms. The highest BCUT2D eigenvalue weighted by Crippen LogP contribution is 2.16. The monoisotopic (exact) mass is 217 g/mol. The molecule has 0 amide bonds. The van der Waals surface area contributed by atoms with Crippen LogP contribution in [0.3, 0.4) is 0 Å². The van der Waals surface area contributed by atoms with Crippen LogP contribution in [0.2, 0.25) is 0 Å². The molecule has 0 aliphatic rings. The van der Waals surface area contributed by atoms with E-state index in [2.05, 4.69) is 0 Å². The molecule has 15 heavy (non-hydrogen) atoms. The molecule has 1 N–H and O–H groups in total. The molecule has 0 rings (SSSR count). The van der Waals surface area contributed by atoms with E-state index in [0.717, 1.165) is 0 Å². The van der Waals surface area contributed by atoms with Crippen LogP contribution in [-0.4, -0.2) is 47.3 Å². The topological polar surface area (TPSA) is 49.8 Å². The van der Waals surface area contributed by atoms with Crippen molar-refractivity contribution < 1.29 is 14.6 Å². The van der Waals surface area contributed by atoms with Crippen molar-refractivity contribution in [3.05, 3.63) is 0 Å². The van der Waals surface area contributed by atoms with Crippen LogP contribution in [0.25, 0.3) is 0 Å². The summed E-state index contributed by atoms with van der Waals surface area (Å²) in [6.07, 6.45) is 0. The maximum atomic E-state index is 10.8. The van der Waals surface area contributed by atoms with Gasteiger partial charge in [-0.15, -0.1) is 0 Å². The van der Waals surface area contributed by atoms with Gasteiger partial charge in [-0.3, -0.25) is 9.69 Å². The van der Waals surface area contributed by atoms with E-state index < -0.39 is 5.97 Å². The molecule has 0 saturated heterocycles. The van der Waals surface area contributed by atoms with Crippen LogP contribution in [0.1, 0.15) is 34.6 Å². The minimum absolute atomic E-state index is 0.0533. The van der Waals surface area contributed by atoms with Gasteiger partial charge in [0.2, 0.25) is 0 Å². The minimum atomic E-state index is -0.798. The molecule has 4 heteroatoms. The average molecular weight is 217 g/mol. The summed E-state index contributed by atoms with van der Waals surface area (Å²) in [6, 6.07) is 0.112. The van der Waals surface area contributed by atoms with Gasteiger partial charge in [-0.2, -0.15) is 0 Å². The zero-order valence-electron chi connectivity index (χ0n) is 10.4. The molecular formula is C11H23NO3. The van der Waals surface area contributed by atoms with Gasteiger partial charge in [-0.25, -0.2) is 0 Å². The van der Waals surface area contributed by atoms with E-state index in [4.69, 9.17) is 9.84 Å². The normalized spacial score (nSPS) is 14.3. The Morgan fingerprint density at radius 3 is 2.33 bits per heavy atom. The molecule has 0 aliphatic carbocycles. The third-order valence-corrected chi connectivity index (χ3v) is 2.26. The molecule has 90 valence electrons. The molecule has 0 radical (unpaired) electrons. The first-order chi connectivity index (χ1) is 6.79. The summed E-state index contributed by atoms with van der Waals surface area (Å²) in [4.78, 5) is 12.7. The van der Waals surface area contributed by atoms with Gasteiger partial charge >= 0.3 is 5.97 Å². The first-order valence-corrected chi connectivity index (χ1v) is 5.35. The Kier molecular flexibility index (Phi) is 5.83. The SMILES string of the molecule is CCOCC(C)N(CC(=O)O)C(C)(C)C. The maximum absolute atomic E-state index is 10.8. The van der Waals surface area contributed by atoms with E-state index in [1.807, 2.05) is 39.5 Å². The van der Waals surface area contributed by atoms with Gasteiger partial charge in [0, 0.05) is 18.2 Å². The third kappa shape index (κ3) is 5.74. The predicted octanol–water partition coefficient (Wildman–Crippen LogP) is 1.60. The van der Waals surface area contributed by atoms with E-state index in [9.17, 15) is 4.79 Å². The van der Waals surface area contributed by atoms with Crippen molar-refractivity contribution >= 4 is 5.97 Å². The number of carboxylic acid groups (broad SMARTS) is 1. The number of nitrogens with zero attached hydrogens (tertiary/aromatic N) is 1. The van der Waals surface area contributed by atoms with E-state index in [-0.39, 0.29) is 18.1 Å². The Hall–Kier alpha value is -0.610. The second-order valence-electron chi connectivity index (χ2n) is 4.70. The predicted molar refractivity (Wildman–Crippen MR) is 60.0 cm³/mol. The first-order valence-electron chi connectivity index (χ1n) is 5.35. The van der Waals surface area contributed by atoms with Crippen LogP contribution in [0.5, 0.6) is 0 Å². The van der Waals surface area contributed by atoms with Crippen LogP contribution in [-0.2, 0) is 9.53 Å². The zero-order chi connectivity index (χ0) is 12.1. The lowest BCUT2D eigenvalue weighted by Crippen LogP contribution is -2.51. The van der Waals surface area contributed by atoms with Gasteiger partial charge in [0.1, 0.15) is 0 Å². The lowest BCUT2D eigenvalue weighted by Gasteiger charge is -2.38. The zero-order valence-corrected chi connectivity index (χ0v) is 10.4. The van der Waals surface area contributed by atoms with Crippen molar-refractivity contribution in [1.82, 2.24) is 4.90 Å². The van der Waals surface area contributed by atoms with E-state index >= 15 is 0 Å². The largest absolute Gasteiger partial charge is 0.480 e. The fraction of sp³-hybridized carbons (Fsp3) is 0.909. The molecule has 1 unspecified atom stereocenters. The molecule has 1 atom stereocenters. The van der Waals surface area contributed by atoms with Crippen molar-refractivity contribution in [3.8, 4) is 0 Å². The summed E-state index contributed by atoms with van der Waals surface area (Å²) in [7, 11) is 0. The Bertz CT molecular complexity index is 198. The summed E-state index contributed by atoms with van der Waals surface area (Å²) in [5.74, 6) is -0.798. The van der Waals surface area contributed by atoms with Gasteiger partial charge in [-0.1, -0.05) is 0 Å². The molecule has 4 nitrogen and oxygen atoms in total. The van der Waals surface area contributed by atoms with Crippen LogP contribution < -0.4 is 0 Å². The lowest BCUT2D eigenvalue weighted by molar-refractivity contribution is -0.141. The highest BCUT2D eigenvalue weighted by Gasteiger charge is 2.27. The molecule has 0 saturated carbocycles. The van der Waals surface area contributed by atoms with E-state index in [0.29, 0.717) is 13.2 Å². The number of aliphatic carboxylic acids is 1. The Morgan fingerprint density at radius 2 is 2.00 bits per heavy atom. The van der Waals surface area contributed by atoms with Crippen LogP contribution in [0.4, 0.5) is 0 Å². The number of carbonyl (C=O) groups is 1. The van der Waals surface area contributed by atoms with Crippen LogP contribution >= 0.6 is 0 Å². The van der Waals surface area contributed by atoms with Crippen LogP contribution in [0, 0.1) is 0 Å². The van der Waals surface area contributed by atoms with Crippen molar-refractivity contribution in [1.29, 1.82) is 0 Å². The molecule has 0 aliphatic heterocycles. The quantitative estimate of drug-likeness (QED) is 0.734. The summed E-state index contributed by atoms with van der Waals surface area (Å²) >= 11 is 0. The van der Waals surface area contributed by atoms with Crippen molar-refractivity contribution in [2.24, 2.45) is 0 Å². The smallest absolute Gasteiger partial charge is 0.317 e. The Morgan fingerprint density at radius 1 is 1.47 bits per heavy atom. The Balaban J connectivity index is 4.41. The molecular weight excluding hydrogens is 194 g/mol. The van der Waals surface area contributed by atoms with Gasteiger partial charge in [0.15, 0.2) is 0 Å². The lowest BCUT2D eigenvalue weighted by atomic mass is 10.0. The van der Waals surface area contributed by atoms with Gasteiger partial charge < -0.3 is 9.84 Å². The van der Waals surface area contributed by atoms with E-state index in [1.165, 1.54) is 0 Å². The summed E-state index contributed by atoms with van der Waals surface area (Å²) in [6.45, 7) is 11.2. The van der Waals surface area contributed by atoms with E-state index in [1.54, 1.807) is 0 Å². The number of ether oxygens (including phenoxy) is 1. The molecule has 0 aromatic carbocycles. The number of rotatable bonds is 6. The number of carboxylic acids is 1. The van der Waals surface area contributed by atoms with Gasteiger partial charge in [0.05, 0.1) is 13.2 Å². The second-order valence-corrected chi connectivity index (χ2v) is 4.70. The Labute approximate surface area is 92.2 Å². The van der Waals surface area contributed by atoms with Gasteiger partial charge in [0.25, 0.3) is 0 Å². The average Bonchev–Trinajstić information content (AvgIpc) is 2.08. The standard InChI is InChI=1S/C11H23NO3/c1-6-15-8-9(2)12(7-10(13)14)11(3,4)5/h9H,6-8H2,1-5H3,(H,13,14). The number of hydrogen-bond donors (Lipinski definition) is 1. The highest BCUT2D eigenvalue weighted by molar-refractivity contribution is 5.69. The summed E-state index contributed by atoms with van der Waals surface area (Å²) in [5, 5.41) is 8.84. The van der Waals surface area contributed by atoms with Crippen molar-refractivity contribution in [3.63, 3.8) is 0 Å². The fourth-order valence-corrected chi connectivity index (χ4v) is 1.58. The fourth-order valence-electron chi connectivity index (χ4n) is 1.58. The van der Waals surface area contributed by atoms with Crippen molar-refractivity contribution in [2.45, 2.75) is 46.2 Å². The summed E-state index contributed by atoms with van der Waals surface area (Å²) in [5.41, 5.74) is -0.158. The van der Waals surface area contributed by atoms with Gasteiger partial charge in [-0.05, 0) is 34.6 Å².